The zero-order valence-corrected chi connectivity index (χ0v) is 20.4. The number of carbonyl (C=O) groups is 1. The molecule has 7 heteroatoms. The summed E-state index contributed by atoms with van der Waals surface area (Å²) in [4.78, 5) is 21.5. The van der Waals surface area contributed by atoms with Gasteiger partial charge in [-0.1, -0.05) is 36.4 Å². The number of aliphatic hydroxyl groups is 1. The second-order valence-electron chi connectivity index (χ2n) is 10.6. The summed E-state index contributed by atoms with van der Waals surface area (Å²) in [7, 11) is 0. The van der Waals surface area contributed by atoms with Gasteiger partial charge >= 0.3 is 6.03 Å². The number of hydrogen-bond acceptors (Lipinski definition) is 5. The standard InChI is InChI=1S/C28H36N4O3/c33-27(17-29-12-11-22-3-1-2-4-23(22)16-29)18-31-14-13-30(28(31)34)15-21-5-7-24(8-6-21)32-25-9-10-26(32)20-35-19-25/h1-8,25-27,33H,9-20H2. The number of fused-ring (bicyclic) bond motifs is 3. The van der Waals surface area contributed by atoms with Gasteiger partial charge in [0.1, 0.15) is 0 Å². The van der Waals surface area contributed by atoms with Gasteiger partial charge in [-0.15, -0.1) is 0 Å². The fraction of sp³-hybridized carbons (Fsp3) is 0.536. The molecule has 35 heavy (non-hydrogen) atoms. The number of aliphatic hydroxyl groups excluding tert-OH is 1. The third-order valence-corrected chi connectivity index (χ3v) is 8.14. The molecule has 0 spiro atoms. The van der Waals surface area contributed by atoms with Gasteiger partial charge in [-0.2, -0.15) is 0 Å². The number of anilines is 1. The minimum Gasteiger partial charge on any atom is -0.390 e. The van der Waals surface area contributed by atoms with E-state index >= 15 is 0 Å². The smallest absolute Gasteiger partial charge is 0.320 e. The molecular weight excluding hydrogens is 440 g/mol. The molecule has 3 atom stereocenters. The van der Waals surface area contributed by atoms with Gasteiger partial charge in [0.05, 0.1) is 31.4 Å². The fourth-order valence-electron chi connectivity index (χ4n) is 6.31. The number of urea groups is 1. The Morgan fingerprint density at radius 1 is 0.886 bits per heavy atom. The molecule has 1 N–H and O–H groups in total. The highest BCUT2D eigenvalue weighted by Gasteiger charge is 2.37. The van der Waals surface area contributed by atoms with E-state index in [1.807, 2.05) is 9.80 Å². The van der Waals surface area contributed by atoms with Crippen molar-refractivity contribution in [1.29, 1.82) is 0 Å². The molecule has 2 bridgehead atoms. The molecule has 0 radical (unpaired) electrons. The Morgan fingerprint density at radius 3 is 2.37 bits per heavy atom. The number of carbonyl (C=O) groups excluding carboxylic acids is 1. The van der Waals surface area contributed by atoms with E-state index in [1.54, 1.807) is 0 Å². The summed E-state index contributed by atoms with van der Waals surface area (Å²) in [5.74, 6) is 0. The number of β-amino-alcohol motifs (C(OH)–C–C–N with tert-alkyl or cyclic N) is 1. The molecule has 7 nitrogen and oxygen atoms in total. The molecule has 2 amide bonds. The van der Waals surface area contributed by atoms with Crippen LogP contribution in [0.3, 0.4) is 0 Å². The molecule has 0 saturated carbocycles. The SMILES string of the molecule is O=C1N(Cc2ccc(N3C4CCC3COC4)cc2)CCN1CC(O)CN1CCc2ccccc2C1. The number of benzene rings is 2. The molecule has 4 aliphatic rings. The first-order valence-corrected chi connectivity index (χ1v) is 13.1. The molecule has 0 aliphatic carbocycles. The summed E-state index contributed by atoms with van der Waals surface area (Å²) in [5, 5.41) is 10.7. The fourth-order valence-corrected chi connectivity index (χ4v) is 6.31. The minimum absolute atomic E-state index is 0.0309. The molecule has 0 aromatic heterocycles. The van der Waals surface area contributed by atoms with Crippen LogP contribution >= 0.6 is 0 Å². The van der Waals surface area contributed by atoms with Crippen molar-refractivity contribution in [3.63, 3.8) is 0 Å². The van der Waals surface area contributed by atoms with Gasteiger partial charge in [-0.25, -0.2) is 4.79 Å². The lowest BCUT2D eigenvalue weighted by Gasteiger charge is -2.36. The van der Waals surface area contributed by atoms with Gasteiger partial charge in [0.15, 0.2) is 0 Å². The van der Waals surface area contributed by atoms with E-state index in [0.29, 0.717) is 44.8 Å². The number of rotatable bonds is 7. The Morgan fingerprint density at radius 2 is 1.60 bits per heavy atom. The van der Waals surface area contributed by atoms with E-state index in [-0.39, 0.29) is 6.03 Å². The average molecular weight is 477 g/mol. The van der Waals surface area contributed by atoms with E-state index in [1.165, 1.54) is 29.7 Å². The van der Waals surface area contributed by atoms with Gasteiger partial charge in [0.25, 0.3) is 0 Å². The van der Waals surface area contributed by atoms with E-state index in [4.69, 9.17) is 4.74 Å². The summed E-state index contributed by atoms with van der Waals surface area (Å²) in [6.07, 6.45) is 2.90. The normalized spacial score (nSPS) is 25.3. The van der Waals surface area contributed by atoms with Gasteiger partial charge in [-0.3, -0.25) is 4.90 Å². The first kappa shape index (κ1) is 22.8. The van der Waals surface area contributed by atoms with Crippen molar-refractivity contribution in [1.82, 2.24) is 14.7 Å². The Kier molecular flexibility index (Phi) is 6.39. The van der Waals surface area contributed by atoms with Crippen molar-refractivity contribution in [3.05, 3.63) is 65.2 Å². The quantitative estimate of drug-likeness (QED) is 0.666. The molecule has 3 unspecified atom stereocenters. The maximum atomic E-state index is 13.0. The zero-order chi connectivity index (χ0) is 23.8. The van der Waals surface area contributed by atoms with Crippen LogP contribution in [0.15, 0.2) is 48.5 Å². The van der Waals surface area contributed by atoms with Crippen LogP contribution in [0.2, 0.25) is 0 Å². The summed E-state index contributed by atoms with van der Waals surface area (Å²) in [5.41, 5.74) is 5.18. The first-order chi connectivity index (χ1) is 17.1. The lowest BCUT2D eigenvalue weighted by atomic mass is 10.00. The van der Waals surface area contributed by atoms with Crippen LogP contribution in [0.1, 0.15) is 29.5 Å². The van der Waals surface area contributed by atoms with Gasteiger partial charge in [-0.05, 0) is 48.1 Å². The lowest BCUT2D eigenvalue weighted by molar-refractivity contribution is 0.0812. The second kappa shape index (κ2) is 9.80. The van der Waals surface area contributed by atoms with E-state index in [0.717, 1.165) is 38.3 Å². The maximum absolute atomic E-state index is 13.0. The van der Waals surface area contributed by atoms with Crippen LogP contribution in [0.25, 0.3) is 0 Å². The summed E-state index contributed by atoms with van der Waals surface area (Å²) >= 11 is 0. The van der Waals surface area contributed by atoms with E-state index in [2.05, 4.69) is 58.3 Å². The van der Waals surface area contributed by atoms with Crippen LogP contribution in [0.5, 0.6) is 0 Å². The lowest BCUT2D eigenvalue weighted by Crippen LogP contribution is -2.45. The van der Waals surface area contributed by atoms with Crippen LogP contribution in [0.4, 0.5) is 10.5 Å². The Balaban J connectivity index is 1.00. The number of ether oxygens (including phenoxy) is 1. The molecule has 3 saturated heterocycles. The van der Waals surface area contributed by atoms with E-state index < -0.39 is 6.10 Å². The van der Waals surface area contributed by atoms with Crippen LogP contribution < -0.4 is 4.90 Å². The Hall–Kier alpha value is -2.61. The van der Waals surface area contributed by atoms with Crippen LogP contribution in [0, 0.1) is 0 Å². The van der Waals surface area contributed by atoms with Crippen LogP contribution in [-0.2, 0) is 24.2 Å². The van der Waals surface area contributed by atoms with Crippen molar-refractivity contribution in [3.8, 4) is 0 Å². The Labute approximate surface area is 207 Å². The highest BCUT2D eigenvalue weighted by atomic mass is 16.5. The van der Waals surface area contributed by atoms with Crippen molar-refractivity contribution < 1.29 is 14.6 Å². The Bertz CT molecular complexity index is 1030. The zero-order valence-electron chi connectivity index (χ0n) is 20.4. The molecule has 4 heterocycles. The minimum atomic E-state index is -0.535. The monoisotopic (exact) mass is 476 g/mol. The van der Waals surface area contributed by atoms with Gasteiger partial charge in [0, 0.05) is 51.5 Å². The average Bonchev–Trinajstić information content (AvgIpc) is 3.33. The third kappa shape index (κ3) is 4.77. The molecule has 6 rings (SSSR count). The predicted molar refractivity (Wildman–Crippen MR) is 135 cm³/mol. The number of nitrogens with zero attached hydrogens (tertiary/aromatic N) is 4. The molecule has 2 aromatic carbocycles. The molecule has 2 aromatic rings. The van der Waals surface area contributed by atoms with Crippen molar-refractivity contribution in [2.75, 3.05) is 50.8 Å². The summed E-state index contributed by atoms with van der Waals surface area (Å²) in [6, 6.07) is 18.3. The molecular formula is C28H36N4O3. The summed E-state index contributed by atoms with van der Waals surface area (Å²) in [6.45, 7) is 6.47. The molecule has 4 aliphatic heterocycles. The predicted octanol–water partition coefficient (Wildman–Crippen LogP) is 2.71. The summed E-state index contributed by atoms with van der Waals surface area (Å²) < 4.78 is 5.72. The second-order valence-corrected chi connectivity index (χ2v) is 10.6. The molecule has 3 fully saturated rings. The largest absolute Gasteiger partial charge is 0.390 e. The highest BCUT2D eigenvalue weighted by Crippen LogP contribution is 2.34. The highest BCUT2D eigenvalue weighted by molar-refractivity contribution is 5.76. The first-order valence-electron chi connectivity index (χ1n) is 13.1. The van der Waals surface area contributed by atoms with Gasteiger partial charge in [0.2, 0.25) is 0 Å². The van der Waals surface area contributed by atoms with Crippen molar-refractivity contribution in [2.24, 2.45) is 0 Å². The number of amides is 2. The number of hydrogen-bond donors (Lipinski definition) is 1. The van der Waals surface area contributed by atoms with Crippen molar-refractivity contribution in [2.45, 2.75) is 50.5 Å². The van der Waals surface area contributed by atoms with Crippen molar-refractivity contribution >= 4 is 11.7 Å². The number of morpholine rings is 1. The van der Waals surface area contributed by atoms with Gasteiger partial charge < -0.3 is 24.5 Å². The third-order valence-electron chi connectivity index (χ3n) is 8.14. The maximum Gasteiger partial charge on any atom is 0.320 e. The van der Waals surface area contributed by atoms with E-state index in [9.17, 15) is 9.90 Å². The molecule has 186 valence electrons. The van der Waals surface area contributed by atoms with Crippen LogP contribution in [-0.4, -0.2) is 90.0 Å². The topological polar surface area (TPSA) is 59.5 Å².